The predicted octanol–water partition coefficient (Wildman–Crippen LogP) is 3.69. The van der Waals surface area contributed by atoms with Crippen LogP contribution in [0.2, 0.25) is 0 Å². The molecule has 2 N–H and O–H groups in total. The summed E-state index contributed by atoms with van der Waals surface area (Å²) in [5.41, 5.74) is 3.46. The van der Waals surface area contributed by atoms with Gasteiger partial charge in [0.2, 0.25) is 5.95 Å². The van der Waals surface area contributed by atoms with E-state index in [0.29, 0.717) is 19.3 Å². The topological polar surface area (TPSA) is 102 Å². The standard InChI is InChI=1S/C25H32N8O2S/c1-2-11-35-18-33-24-20(16-28-25(30-24)26-7-8-32-9-12-34-13-10-32)23(31-33)21-4-3-5-22(29-21)27-15-19-6-14-36-17-19/h3-6,14,16-17H,2,7-13,15,18H2,1H3,(H,27,29)(H,26,28,30). The average molecular weight is 509 g/mol. The smallest absolute Gasteiger partial charge is 0.224 e. The molecule has 0 aliphatic carbocycles. The van der Waals surface area contributed by atoms with Crippen molar-refractivity contribution in [1.29, 1.82) is 0 Å². The number of hydrogen-bond donors (Lipinski definition) is 2. The molecule has 190 valence electrons. The van der Waals surface area contributed by atoms with Gasteiger partial charge >= 0.3 is 0 Å². The summed E-state index contributed by atoms with van der Waals surface area (Å²) in [4.78, 5) is 16.6. The Bertz CT molecular complexity index is 1240. The Morgan fingerprint density at radius 3 is 2.89 bits per heavy atom. The van der Waals surface area contributed by atoms with Gasteiger partial charge in [-0.25, -0.2) is 14.6 Å². The number of ether oxygens (including phenoxy) is 2. The number of hydrogen-bond acceptors (Lipinski definition) is 10. The highest BCUT2D eigenvalue weighted by Gasteiger charge is 2.17. The van der Waals surface area contributed by atoms with Crippen LogP contribution in [0, 0.1) is 0 Å². The van der Waals surface area contributed by atoms with Crippen molar-refractivity contribution in [3.05, 3.63) is 46.8 Å². The van der Waals surface area contributed by atoms with Gasteiger partial charge in [-0.05, 0) is 40.9 Å². The molecular weight excluding hydrogens is 476 g/mol. The van der Waals surface area contributed by atoms with E-state index in [-0.39, 0.29) is 0 Å². The second-order valence-electron chi connectivity index (χ2n) is 8.59. The van der Waals surface area contributed by atoms with Crippen LogP contribution in [0.4, 0.5) is 11.8 Å². The molecule has 0 saturated carbocycles. The van der Waals surface area contributed by atoms with Crippen LogP contribution in [0.3, 0.4) is 0 Å². The minimum Gasteiger partial charge on any atom is -0.379 e. The molecule has 0 atom stereocenters. The molecular formula is C25H32N8O2S. The van der Waals surface area contributed by atoms with Crippen molar-refractivity contribution in [3.63, 3.8) is 0 Å². The second kappa shape index (κ2) is 12.2. The zero-order valence-corrected chi connectivity index (χ0v) is 21.3. The highest BCUT2D eigenvalue weighted by Crippen LogP contribution is 2.27. The molecule has 0 bridgehead atoms. The largest absolute Gasteiger partial charge is 0.379 e. The SMILES string of the molecule is CCCOCn1nc(-c2cccc(NCc3ccsc3)n2)c2cnc(NCCN3CCOCC3)nc21. The van der Waals surface area contributed by atoms with Gasteiger partial charge in [0, 0.05) is 45.5 Å². The van der Waals surface area contributed by atoms with Crippen molar-refractivity contribution in [2.75, 3.05) is 56.6 Å². The van der Waals surface area contributed by atoms with Gasteiger partial charge in [-0.3, -0.25) is 4.90 Å². The molecule has 0 unspecified atom stereocenters. The van der Waals surface area contributed by atoms with Gasteiger partial charge in [0.05, 0.1) is 24.3 Å². The molecule has 4 aromatic rings. The van der Waals surface area contributed by atoms with Gasteiger partial charge in [-0.2, -0.15) is 21.4 Å². The number of fused-ring (bicyclic) bond motifs is 1. The Labute approximate surface area is 214 Å². The van der Waals surface area contributed by atoms with E-state index >= 15 is 0 Å². The molecule has 5 rings (SSSR count). The van der Waals surface area contributed by atoms with Crippen LogP contribution in [0.15, 0.2) is 41.2 Å². The van der Waals surface area contributed by atoms with E-state index in [1.165, 1.54) is 5.56 Å². The van der Waals surface area contributed by atoms with Gasteiger partial charge in [0.1, 0.15) is 18.2 Å². The van der Waals surface area contributed by atoms with Crippen LogP contribution in [0.25, 0.3) is 22.4 Å². The number of thiophene rings is 1. The van der Waals surface area contributed by atoms with Crippen LogP contribution < -0.4 is 10.6 Å². The minimum absolute atomic E-state index is 0.324. The minimum atomic E-state index is 0.324. The fourth-order valence-electron chi connectivity index (χ4n) is 4.02. The molecule has 36 heavy (non-hydrogen) atoms. The molecule has 4 aromatic heterocycles. The van der Waals surface area contributed by atoms with E-state index in [0.717, 1.165) is 80.6 Å². The summed E-state index contributed by atoms with van der Waals surface area (Å²) in [6, 6.07) is 8.02. The summed E-state index contributed by atoms with van der Waals surface area (Å²) in [5.74, 6) is 1.38. The predicted molar refractivity (Wildman–Crippen MR) is 142 cm³/mol. The highest BCUT2D eigenvalue weighted by atomic mass is 32.1. The van der Waals surface area contributed by atoms with Gasteiger partial charge in [-0.15, -0.1) is 0 Å². The fourth-order valence-corrected chi connectivity index (χ4v) is 4.69. The zero-order chi connectivity index (χ0) is 24.6. The van der Waals surface area contributed by atoms with Gasteiger partial charge in [-0.1, -0.05) is 13.0 Å². The first-order valence-corrected chi connectivity index (χ1v) is 13.3. The van der Waals surface area contributed by atoms with Crippen LogP contribution in [0.1, 0.15) is 18.9 Å². The molecule has 0 radical (unpaired) electrons. The van der Waals surface area contributed by atoms with Crippen molar-refractivity contribution in [3.8, 4) is 11.4 Å². The van der Waals surface area contributed by atoms with Crippen molar-refractivity contribution in [1.82, 2.24) is 29.6 Å². The van der Waals surface area contributed by atoms with Crippen molar-refractivity contribution in [2.45, 2.75) is 26.6 Å². The Morgan fingerprint density at radius 2 is 2.06 bits per heavy atom. The maximum absolute atomic E-state index is 5.80. The number of nitrogens with zero attached hydrogens (tertiary/aromatic N) is 6. The average Bonchev–Trinajstić information content (AvgIpc) is 3.57. The van der Waals surface area contributed by atoms with E-state index in [1.54, 1.807) is 16.0 Å². The molecule has 11 heteroatoms. The first-order valence-electron chi connectivity index (χ1n) is 12.4. The van der Waals surface area contributed by atoms with Crippen molar-refractivity contribution < 1.29 is 9.47 Å². The third kappa shape index (κ3) is 6.16. The number of nitrogens with one attached hydrogen (secondary N) is 2. The van der Waals surface area contributed by atoms with Gasteiger partial charge < -0.3 is 20.1 Å². The first kappa shape index (κ1) is 24.6. The maximum Gasteiger partial charge on any atom is 0.224 e. The molecule has 0 spiro atoms. The third-order valence-electron chi connectivity index (χ3n) is 5.91. The molecule has 1 aliphatic rings. The summed E-state index contributed by atoms with van der Waals surface area (Å²) in [6.45, 7) is 8.98. The fraction of sp³-hybridized carbons (Fsp3) is 0.440. The lowest BCUT2D eigenvalue weighted by Gasteiger charge is -2.26. The van der Waals surface area contributed by atoms with Crippen LogP contribution in [-0.2, 0) is 22.7 Å². The van der Waals surface area contributed by atoms with Crippen LogP contribution in [-0.4, -0.2) is 75.6 Å². The maximum atomic E-state index is 5.80. The quantitative estimate of drug-likeness (QED) is 0.277. The Kier molecular flexibility index (Phi) is 8.34. The zero-order valence-electron chi connectivity index (χ0n) is 20.5. The van der Waals surface area contributed by atoms with Gasteiger partial charge in [0.15, 0.2) is 5.65 Å². The Hall–Kier alpha value is -3.12. The van der Waals surface area contributed by atoms with E-state index in [2.05, 4.69) is 44.3 Å². The molecule has 10 nitrogen and oxygen atoms in total. The summed E-state index contributed by atoms with van der Waals surface area (Å²) in [6.07, 6.45) is 2.76. The molecule has 5 heterocycles. The Morgan fingerprint density at radius 1 is 1.14 bits per heavy atom. The summed E-state index contributed by atoms with van der Waals surface area (Å²) in [7, 11) is 0. The van der Waals surface area contributed by atoms with E-state index < -0.39 is 0 Å². The molecule has 0 aromatic carbocycles. The Balaban J connectivity index is 1.35. The first-order chi connectivity index (χ1) is 17.8. The molecule has 1 saturated heterocycles. The molecule has 1 aliphatic heterocycles. The van der Waals surface area contributed by atoms with E-state index in [1.807, 2.05) is 24.4 Å². The number of morpholine rings is 1. The second-order valence-corrected chi connectivity index (χ2v) is 9.37. The number of anilines is 2. The lowest BCUT2D eigenvalue weighted by Crippen LogP contribution is -2.39. The number of pyridine rings is 1. The third-order valence-corrected chi connectivity index (χ3v) is 6.64. The van der Waals surface area contributed by atoms with Gasteiger partial charge in [0.25, 0.3) is 0 Å². The summed E-state index contributed by atoms with van der Waals surface area (Å²) < 4.78 is 13.0. The highest BCUT2D eigenvalue weighted by molar-refractivity contribution is 7.07. The summed E-state index contributed by atoms with van der Waals surface area (Å²) >= 11 is 1.69. The normalized spacial score (nSPS) is 14.4. The monoisotopic (exact) mass is 508 g/mol. The van der Waals surface area contributed by atoms with Crippen LogP contribution >= 0.6 is 11.3 Å². The van der Waals surface area contributed by atoms with Crippen molar-refractivity contribution >= 4 is 34.1 Å². The number of aromatic nitrogens is 5. The molecule has 1 fully saturated rings. The van der Waals surface area contributed by atoms with E-state index in [4.69, 9.17) is 24.5 Å². The lowest BCUT2D eigenvalue weighted by atomic mass is 10.2. The van der Waals surface area contributed by atoms with E-state index in [9.17, 15) is 0 Å². The molecule has 0 amide bonds. The number of rotatable bonds is 12. The van der Waals surface area contributed by atoms with Crippen molar-refractivity contribution in [2.24, 2.45) is 0 Å². The lowest BCUT2D eigenvalue weighted by molar-refractivity contribution is 0.0398. The van der Waals surface area contributed by atoms with Crippen LogP contribution in [0.5, 0.6) is 0 Å². The summed E-state index contributed by atoms with van der Waals surface area (Å²) in [5, 5.41) is 16.6.